The van der Waals surface area contributed by atoms with Crippen molar-refractivity contribution in [1.29, 1.82) is 0 Å². The molecular formula is C20H19FN2OS. The fourth-order valence-electron chi connectivity index (χ4n) is 2.59. The standard InChI is InChI=1S/C20H19FN2OS/c1-14-9-10-16(21)12-17(14)22-13-19(24)23-20(18-8-5-11-25-18)15-6-3-2-4-7-15/h2-12,20,22H,13H2,1H3,(H,23,24). The average molecular weight is 354 g/mol. The van der Waals surface area contributed by atoms with Crippen LogP contribution >= 0.6 is 11.3 Å². The van der Waals surface area contributed by atoms with Gasteiger partial charge in [0.25, 0.3) is 0 Å². The van der Waals surface area contributed by atoms with Crippen LogP contribution in [0, 0.1) is 12.7 Å². The maximum atomic E-state index is 13.3. The number of rotatable bonds is 6. The molecule has 5 heteroatoms. The first-order valence-electron chi connectivity index (χ1n) is 8.01. The molecule has 0 radical (unpaired) electrons. The van der Waals surface area contributed by atoms with Crippen LogP contribution in [-0.2, 0) is 4.79 Å². The van der Waals surface area contributed by atoms with E-state index in [9.17, 15) is 9.18 Å². The Hall–Kier alpha value is -2.66. The van der Waals surface area contributed by atoms with Crippen LogP contribution in [0.1, 0.15) is 22.0 Å². The fraction of sp³-hybridized carbons (Fsp3) is 0.150. The van der Waals surface area contributed by atoms with Crippen molar-refractivity contribution < 1.29 is 9.18 Å². The molecule has 0 bridgehead atoms. The van der Waals surface area contributed by atoms with Gasteiger partial charge in [-0.1, -0.05) is 42.5 Å². The summed E-state index contributed by atoms with van der Waals surface area (Å²) in [4.78, 5) is 13.5. The van der Waals surface area contributed by atoms with Crippen LogP contribution in [0.4, 0.5) is 10.1 Å². The molecule has 3 aromatic rings. The van der Waals surface area contributed by atoms with Gasteiger partial charge in [0.05, 0.1) is 12.6 Å². The first-order chi connectivity index (χ1) is 12.1. The molecule has 2 N–H and O–H groups in total. The van der Waals surface area contributed by atoms with E-state index in [4.69, 9.17) is 0 Å². The number of hydrogen-bond acceptors (Lipinski definition) is 3. The van der Waals surface area contributed by atoms with Gasteiger partial charge < -0.3 is 10.6 Å². The Kier molecular flexibility index (Phi) is 5.46. The summed E-state index contributed by atoms with van der Waals surface area (Å²) < 4.78 is 13.3. The van der Waals surface area contributed by atoms with Gasteiger partial charge in [-0.15, -0.1) is 11.3 Å². The molecule has 3 rings (SSSR count). The van der Waals surface area contributed by atoms with Gasteiger partial charge in [-0.2, -0.15) is 0 Å². The zero-order chi connectivity index (χ0) is 17.6. The van der Waals surface area contributed by atoms with E-state index in [-0.39, 0.29) is 24.3 Å². The number of hydrogen-bond donors (Lipinski definition) is 2. The molecule has 128 valence electrons. The Labute approximate surface area is 150 Å². The molecule has 0 spiro atoms. The van der Waals surface area contributed by atoms with Crippen LogP contribution in [0.3, 0.4) is 0 Å². The number of amides is 1. The minimum absolute atomic E-state index is 0.0823. The number of halogens is 1. The fourth-order valence-corrected chi connectivity index (χ4v) is 3.39. The number of thiophene rings is 1. The molecule has 1 aromatic heterocycles. The highest BCUT2D eigenvalue weighted by Gasteiger charge is 2.17. The number of carbonyl (C=O) groups excluding carboxylic acids is 1. The molecule has 0 aliphatic heterocycles. The lowest BCUT2D eigenvalue weighted by Gasteiger charge is -2.19. The molecule has 3 nitrogen and oxygen atoms in total. The van der Waals surface area contributed by atoms with E-state index < -0.39 is 0 Å². The third-order valence-corrected chi connectivity index (χ3v) is 4.84. The Morgan fingerprint density at radius 3 is 2.64 bits per heavy atom. The van der Waals surface area contributed by atoms with Gasteiger partial charge in [0.1, 0.15) is 5.82 Å². The summed E-state index contributed by atoms with van der Waals surface area (Å²) in [6, 6.07) is 18.1. The molecule has 1 atom stereocenters. The lowest BCUT2D eigenvalue weighted by molar-refractivity contribution is -0.119. The Morgan fingerprint density at radius 2 is 1.92 bits per heavy atom. The van der Waals surface area contributed by atoms with Gasteiger partial charge in [0.15, 0.2) is 0 Å². The first kappa shape index (κ1) is 17.2. The molecule has 0 aliphatic rings. The predicted molar refractivity (Wildman–Crippen MR) is 100 cm³/mol. The van der Waals surface area contributed by atoms with E-state index in [1.165, 1.54) is 12.1 Å². The van der Waals surface area contributed by atoms with Crippen molar-refractivity contribution in [2.45, 2.75) is 13.0 Å². The van der Waals surface area contributed by atoms with Crippen molar-refractivity contribution in [2.75, 3.05) is 11.9 Å². The van der Waals surface area contributed by atoms with Gasteiger partial charge in [-0.25, -0.2) is 4.39 Å². The zero-order valence-electron chi connectivity index (χ0n) is 13.8. The van der Waals surface area contributed by atoms with E-state index in [0.717, 1.165) is 16.0 Å². The molecule has 25 heavy (non-hydrogen) atoms. The molecule has 0 fully saturated rings. The third kappa shape index (κ3) is 4.45. The van der Waals surface area contributed by atoms with Gasteiger partial charge in [-0.3, -0.25) is 4.79 Å². The van der Waals surface area contributed by atoms with Gasteiger partial charge in [-0.05, 0) is 41.6 Å². The van der Waals surface area contributed by atoms with E-state index in [1.807, 2.05) is 54.8 Å². The van der Waals surface area contributed by atoms with Gasteiger partial charge >= 0.3 is 0 Å². The summed E-state index contributed by atoms with van der Waals surface area (Å²) in [7, 11) is 0. The Morgan fingerprint density at radius 1 is 1.12 bits per heavy atom. The van der Waals surface area contributed by atoms with Crippen molar-refractivity contribution >= 4 is 22.9 Å². The maximum absolute atomic E-state index is 13.3. The molecule has 2 aromatic carbocycles. The summed E-state index contributed by atoms with van der Waals surface area (Å²) in [5, 5.41) is 8.05. The SMILES string of the molecule is Cc1ccc(F)cc1NCC(=O)NC(c1ccccc1)c1cccs1. The summed E-state index contributed by atoms with van der Waals surface area (Å²) in [6.45, 7) is 1.96. The highest BCUT2D eigenvalue weighted by atomic mass is 32.1. The predicted octanol–water partition coefficient (Wildman–Crippen LogP) is 4.51. The molecule has 0 aliphatic carbocycles. The highest BCUT2D eigenvalue weighted by molar-refractivity contribution is 7.10. The Bertz CT molecular complexity index is 834. The summed E-state index contributed by atoms with van der Waals surface area (Å²) in [5.74, 6) is -0.472. The van der Waals surface area contributed by atoms with Gasteiger partial charge in [0.2, 0.25) is 5.91 Å². The van der Waals surface area contributed by atoms with Crippen LogP contribution in [0.25, 0.3) is 0 Å². The van der Waals surface area contributed by atoms with Crippen LogP contribution in [0.5, 0.6) is 0 Å². The van der Waals surface area contributed by atoms with Gasteiger partial charge in [0, 0.05) is 10.6 Å². The smallest absolute Gasteiger partial charge is 0.240 e. The second-order valence-electron chi connectivity index (χ2n) is 5.74. The minimum atomic E-state index is -0.325. The third-order valence-electron chi connectivity index (χ3n) is 3.90. The van der Waals surface area contributed by atoms with E-state index in [0.29, 0.717) is 5.69 Å². The second-order valence-corrected chi connectivity index (χ2v) is 6.72. The van der Waals surface area contributed by atoms with Crippen molar-refractivity contribution in [3.63, 3.8) is 0 Å². The second kappa shape index (κ2) is 7.94. The molecular weight excluding hydrogens is 335 g/mol. The molecule has 1 amide bonds. The number of aryl methyl sites for hydroxylation is 1. The molecule has 0 saturated heterocycles. The van der Waals surface area contributed by atoms with Crippen molar-refractivity contribution in [2.24, 2.45) is 0 Å². The first-order valence-corrected chi connectivity index (χ1v) is 8.89. The molecule has 0 saturated carbocycles. The maximum Gasteiger partial charge on any atom is 0.240 e. The normalized spacial score (nSPS) is 11.8. The Balaban J connectivity index is 1.70. The number of nitrogens with one attached hydrogen (secondary N) is 2. The summed E-state index contributed by atoms with van der Waals surface area (Å²) in [5.41, 5.74) is 2.55. The molecule has 1 heterocycles. The lowest BCUT2D eigenvalue weighted by atomic mass is 10.1. The summed E-state index contributed by atoms with van der Waals surface area (Å²) in [6.07, 6.45) is 0. The number of carbonyl (C=O) groups is 1. The van der Waals surface area contributed by atoms with Crippen LogP contribution in [0.2, 0.25) is 0 Å². The molecule has 1 unspecified atom stereocenters. The largest absolute Gasteiger partial charge is 0.376 e. The van der Waals surface area contributed by atoms with Crippen LogP contribution in [-0.4, -0.2) is 12.5 Å². The quantitative estimate of drug-likeness (QED) is 0.684. The van der Waals surface area contributed by atoms with E-state index in [2.05, 4.69) is 10.6 Å². The van der Waals surface area contributed by atoms with E-state index >= 15 is 0 Å². The highest BCUT2D eigenvalue weighted by Crippen LogP contribution is 2.25. The van der Waals surface area contributed by atoms with E-state index in [1.54, 1.807) is 17.4 Å². The summed E-state index contributed by atoms with van der Waals surface area (Å²) >= 11 is 1.60. The van der Waals surface area contributed by atoms with Crippen molar-refractivity contribution in [3.05, 3.63) is 87.9 Å². The van der Waals surface area contributed by atoms with Crippen molar-refractivity contribution in [3.8, 4) is 0 Å². The topological polar surface area (TPSA) is 41.1 Å². The minimum Gasteiger partial charge on any atom is -0.376 e. The van der Waals surface area contributed by atoms with Crippen LogP contribution in [0.15, 0.2) is 66.0 Å². The lowest BCUT2D eigenvalue weighted by Crippen LogP contribution is -2.33. The van der Waals surface area contributed by atoms with Crippen molar-refractivity contribution in [1.82, 2.24) is 5.32 Å². The number of anilines is 1. The number of benzene rings is 2. The van der Waals surface area contributed by atoms with Crippen LogP contribution < -0.4 is 10.6 Å². The monoisotopic (exact) mass is 354 g/mol. The zero-order valence-corrected chi connectivity index (χ0v) is 14.6. The average Bonchev–Trinajstić information content (AvgIpc) is 3.15.